The lowest BCUT2D eigenvalue weighted by Crippen LogP contribution is -2.33. The summed E-state index contributed by atoms with van der Waals surface area (Å²) in [7, 11) is 0. The van der Waals surface area contributed by atoms with Gasteiger partial charge in [-0.25, -0.2) is 0 Å². The number of rotatable bonds is 6. The molecule has 2 aromatic rings. The van der Waals surface area contributed by atoms with Gasteiger partial charge in [-0.1, -0.05) is 42.0 Å². The molecule has 0 saturated heterocycles. The van der Waals surface area contributed by atoms with Gasteiger partial charge in [0.15, 0.2) is 0 Å². The average Bonchev–Trinajstić information content (AvgIpc) is 2.60. The lowest BCUT2D eigenvalue weighted by molar-refractivity contribution is -0.384. The molecule has 2 amide bonds. The monoisotopic (exact) mass is 353 g/mol. The van der Waals surface area contributed by atoms with Crippen molar-refractivity contribution in [3.8, 4) is 0 Å². The van der Waals surface area contributed by atoms with Crippen molar-refractivity contribution in [1.29, 1.82) is 0 Å². The molecule has 0 spiro atoms. The van der Waals surface area contributed by atoms with Crippen LogP contribution in [0.3, 0.4) is 0 Å². The van der Waals surface area contributed by atoms with Gasteiger partial charge in [-0.3, -0.25) is 19.7 Å². The fourth-order valence-electron chi connectivity index (χ4n) is 2.23. The van der Waals surface area contributed by atoms with Gasteiger partial charge in [0.25, 0.3) is 11.6 Å². The van der Waals surface area contributed by atoms with Crippen molar-refractivity contribution in [3.63, 3.8) is 0 Å². The Morgan fingerprint density at radius 3 is 2.46 bits per heavy atom. The summed E-state index contributed by atoms with van der Waals surface area (Å²) in [5.41, 5.74) is 2.39. The predicted octanol–water partition coefficient (Wildman–Crippen LogP) is 2.70. The molecule has 134 valence electrons. The highest BCUT2D eigenvalue weighted by atomic mass is 16.6. The molecule has 0 aliphatic rings. The van der Waals surface area contributed by atoms with Crippen LogP contribution in [0.15, 0.2) is 54.2 Å². The van der Waals surface area contributed by atoms with Crippen LogP contribution in [0.2, 0.25) is 0 Å². The molecule has 26 heavy (non-hydrogen) atoms. The van der Waals surface area contributed by atoms with Gasteiger partial charge in [0.05, 0.1) is 4.92 Å². The van der Waals surface area contributed by atoms with Gasteiger partial charge in [-0.05, 0) is 24.1 Å². The zero-order valence-electron chi connectivity index (χ0n) is 14.5. The van der Waals surface area contributed by atoms with Crippen LogP contribution in [0.1, 0.15) is 23.6 Å². The van der Waals surface area contributed by atoms with Gasteiger partial charge in [0, 0.05) is 25.6 Å². The second-order valence-corrected chi connectivity index (χ2v) is 5.76. The van der Waals surface area contributed by atoms with E-state index in [0.717, 1.165) is 11.1 Å². The Morgan fingerprint density at radius 1 is 1.15 bits per heavy atom. The highest BCUT2D eigenvalue weighted by Crippen LogP contribution is 2.15. The molecule has 0 atom stereocenters. The summed E-state index contributed by atoms with van der Waals surface area (Å²) >= 11 is 0. The van der Waals surface area contributed by atoms with Crippen molar-refractivity contribution < 1.29 is 14.5 Å². The van der Waals surface area contributed by atoms with Crippen LogP contribution in [0.5, 0.6) is 0 Å². The van der Waals surface area contributed by atoms with Crippen LogP contribution in [-0.4, -0.2) is 16.7 Å². The maximum atomic E-state index is 12.4. The molecule has 0 unspecified atom stereocenters. The summed E-state index contributed by atoms with van der Waals surface area (Å²) in [6.07, 6.45) is 1.40. The molecular weight excluding hydrogens is 334 g/mol. The normalized spacial score (nSPS) is 10.9. The van der Waals surface area contributed by atoms with Gasteiger partial charge in [-0.2, -0.15) is 0 Å². The Balaban J connectivity index is 2.18. The summed E-state index contributed by atoms with van der Waals surface area (Å²) in [5, 5.41) is 16.1. The number of carbonyl (C=O) groups excluding carboxylic acids is 2. The standard InChI is InChI=1S/C19H19N3O4/c1-13-6-8-15(9-7-13)12-20-19(24)18(21-14(2)23)11-16-4-3-5-17(10-16)22(25)26/h3-11H,12H2,1-2H3,(H,20,24)(H,21,23)/b18-11-. The fraction of sp³-hybridized carbons (Fsp3) is 0.158. The number of benzene rings is 2. The molecule has 2 aromatic carbocycles. The highest BCUT2D eigenvalue weighted by molar-refractivity contribution is 6.00. The minimum absolute atomic E-state index is 0.0186. The summed E-state index contributed by atoms with van der Waals surface area (Å²) < 4.78 is 0. The summed E-state index contributed by atoms with van der Waals surface area (Å²) in [6, 6.07) is 13.5. The third-order valence-corrected chi connectivity index (χ3v) is 3.52. The largest absolute Gasteiger partial charge is 0.347 e. The van der Waals surface area contributed by atoms with E-state index in [1.165, 1.54) is 31.2 Å². The summed E-state index contributed by atoms with van der Waals surface area (Å²) in [5.74, 6) is -0.889. The maximum Gasteiger partial charge on any atom is 0.270 e. The SMILES string of the molecule is CC(=O)N/C(=C\c1cccc([N+](=O)[O-])c1)C(=O)NCc1ccc(C)cc1. The Hall–Kier alpha value is -3.48. The van der Waals surface area contributed by atoms with Crippen LogP contribution >= 0.6 is 0 Å². The molecule has 0 aliphatic carbocycles. The van der Waals surface area contributed by atoms with Crippen molar-refractivity contribution >= 4 is 23.6 Å². The molecule has 7 nitrogen and oxygen atoms in total. The summed E-state index contributed by atoms with van der Waals surface area (Å²) in [6.45, 7) is 3.55. The maximum absolute atomic E-state index is 12.4. The minimum Gasteiger partial charge on any atom is -0.347 e. The van der Waals surface area contributed by atoms with E-state index in [4.69, 9.17) is 0 Å². The molecular formula is C19H19N3O4. The fourth-order valence-corrected chi connectivity index (χ4v) is 2.23. The first kappa shape index (κ1) is 18.9. The number of amides is 2. The number of carbonyl (C=O) groups is 2. The number of non-ortho nitro benzene ring substituents is 1. The Morgan fingerprint density at radius 2 is 1.85 bits per heavy atom. The molecule has 0 fully saturated rings. The molecule has 2 rings (SSSR count). The zero-order chi connectivity index (χ0) is 19.1. The highest BCUT2D eigenvalue weighted by Gasteiger charge is 2.12. The molecule has 0 heterocycles. The van der Waals surface area contributed by atoms with Crippen LogP contribution in [-0.2, 0) is 16.1 Å². The van der Waals surface area contributed by atoms with E-state index in [-0.39, 0.29) is 11.4 Å². The lowest BCUT2D eigenvalue weighted by atomic mass is 10.1. The number of nitro benzene ring substituents is 1. The average molecular weight is 353 g/mol. The Kier molecular flexibility index (Phi) is 6.21. The van der Waals surface area contributed by atoms with E-state index in [1.54, 1.807) is 6.07 Å². The van der Waals surface area contributed by atoms with E-state index < -0.39 is 16.7 Å². The van der Waals surface area contributed by atoms with Crippen LogP contribution in [0, 0.1) is 17.0 Å². The predicted molar refractivity (Wildman–Crippen MR) is 97.9 cm³/mol. The van der Waals surface area contributed by atoms with Crippen LogP contribution < -0.4 is 10.6 Å². The van der Waals surface area contributed by atoms with Crippen molar-refractivity contribution in [3.05, 3.63) is 81.0 Å². The van der Waals surface area contributed by atoms with Crippen molar-refractivity contribution in [2.45, 2.75) is 20.4 Å². The first-order chi connectivity index (χ1) is 12.3. The molecule has 2 N–H and O–H groups in total. The van der Waals surface area contributed by atoms with E-state index in [2.05, 4.69) is 10.6 Å². The first-order valence-electron chi connectivity index (χ1n) is 7.92. The van der Waals surface area contributed by atoms with Gasteiger partial charge in [-0.15, -0.1) is 0 Å². The molecule has 7 heteroatoms. The van der Waals surface area contributed by atoms with Crippen molar-refractivity contribution in [2.24, 2.45) is 0 Å². The Labute approximate surface area is 150 Å². The molecule has 0 saturated carbocycles. The van der Waals surface area contributed by atoms with Gasteiger partial charge >= 0.3 is 0 Å². The second-order valence-electron chi connectivity index (χ2n) is 5.76. The molecule has 0 bridgehead atoms. The van der Waals surface area contributed by atoms with E-state index in [0.29, 0.717) is 12.1 Å². The van der Waals surface area contributed by atoms with E-state index in [9.17, 15) is 19.7 Å². The van der Waals surface area contributed by atoms with Crippen molar-refractivity contribution in [2.75, 3.05) is 0 Å². The Bertz CT molecular complexity index is 857. The number of hydrogen-bond acceptors (Lipinski definition) is 4. The minimum atomic E-state index is -0.521. The van der Waals surface area contributed by atoms with E-state index in [1.807, 2.05) is 31.2 Å². The lowest BCUT2D eigenvalue weighted by Gasteiger charge is -2.10. The quantitative estimate of drug-likeness (QED) is 0.473. The number of nitrogens with zero attached hydrogens (tertiary/aromatic N) is 1. The topological polar surface area (TPSA) is 101 Å². The van der Waals surface area contributed by atoms with E-state index >= 15 is 0 Å². The third-order valence-electron chi connectivity index (χ3n) is 3.52. The smallest absolute Gasteiger partial charge is 0.270 e. The molecule has 0 aliphatic heterocycles. The number of nitro groups is 1. The molecule has 0 aromatic heterocycles. The summed E-state index contributed by atoms with van der Waals surface area (Å²) in [4.78, 5) is 34.2. The zero-order valence-corrected chi connectivity index (χ0v) is 14.5. The van der Waals surface area contributed by atoms with Crippen LogP contribution in [0.25, 0.3) is 6.08 Å². The second kappa shape index (κ2) is 8.57. The van der Waals surface area contributed by atoms with Crippen LogP contribution in [0.4, 0.5) is 5.69 Å². The first-order valence-corrected chi connectivity index (χ1v) is 7.92. The molecule has 0 radical (unpaired) electrons. The van der Waals surface area contributed by atoms with Gasteiger partial charge in [0.2, 0.25) is 5.91 Å². The number of hydrogen-bond donors (Lipinski definition) is 2. The van der Waals surface area contributed by atoms with Gasteiger partial charge in [0.1, 0.15) is 5.70 Å². The van der Waals surface area contributed by atoms with Gasteiger partial charge < -0.3 is 10.6 Å². The number of aryl methyl sites for hydroxylation is 1. The number of nitrogens with one attached hydrogen (secondary N) is 2. The van der Waals surface area contributed by atoms with Crippen molar-refractivity contribution in [1.82, 2.24) is 10.6 Å². The third kappa shape index (κ3) is 5.55.